The highest BCUT2D eigenvalue weighted by Crippen LogP contribution is 2.23. The Morgan fingerprint density at radius 2 is 2.04 bits per heavy atom. The van der Waals surface area contributed by atoms with E-state index in [4.69, 9.17) is 0 Å². The number of thioether (sulfide) groups is 2. The van der Waals surface area contributed by atoms with Gasteiger partial charge in [-0.2, -0.15) is 16.8 Å². The third kappa shape index (κ3) is 4.24. The Morgan fingerprint density at radius 1 is 1.23 bits per heavy atom. The van der Waals surface area contributed by atoms with Crippen molar-refractivity contribution in [1.29, 1.82) is 0 Å². The van der Waals surface area contributed by atoms with Gasteiger partial charge >= 0.3 is 0 Å². The molecule has 0 aliphatic rings. The fourth-order valence-corrected chi connectivity index (χ4v) is 5.05. The molecule has 0 spiro atoms. The van der Waals surface area contributed by atoms with E-state index in [1.165, 1.54) is 10.3 Å². The van der Waals surface area contributed by atoms with Crippen molar-refractivity contribution in [3.8, 4) is 0 Å². The van der Waals surface area contributed by atoms with Gasteiger partial charge in [0.1, 0.15) is 0 Å². The molecule has 0 aliphatic carbocycles. The molecule has 1 aromatic heterocycles. The molecule has 0 aliphatic heterocycles. The summed E-state index contributed by atoms with van der Waals surface area (Å²) in [5, 5.41) is 0. The third-order valence-electron chi connectivity index (χ3n) is 3.97. The molecule has 3 nitrogen and oxygen atoms in total. The quantitative estimate of drug-likeness (QED) is 0.530. The summed E-state index contributed by atoms with van der Waals surface area (Å²) in [5.74, 6) is 1.76. The van der Waals surface area contributed by atoms with Gasteiger partial charge in [-0.05, 0) is 48.8 Å². The topological polar surface area (TPSA) is 34.4 Å². The van der Waals surface area contributed by atoms with Crippen LogP contribution in [0.4, 0.5) is 0 Å². The average molecular weight is 403 g/mol. The molecule has 6 heteroatoms. The maximum Gasteiger partial charge on any atom is 0.280 e. The Hall–Kier alpha value is -1.50. The lowest BCUT2D eigenvalue weighted by Gasteiger charge is -2.05. The molecule has 1 heterocycles. The van der Waals surface area contributed by atoms with Crippen molar-refractivity contribution in [3.63, 3.8) is 0 Å². The van der Waals surface area contributed by atoms with Crippen LogP contribution in [0.25, 0.3) is 10.2 Å². The Kier molecular flexibility index (Phi) is 6.62. The van der Waals surface area contributed by atoms with E-state index >= 15 is 0 Å². The number of thiazole rings is 1. The molecule has 0 radical (unpaired) electrons. The molecule has 26 heavy (non-hydrogen) atoms. The standard InChI is InChI=1S/C20H22N2OS3/c1-4-25-17-8-6-5-7-15(17)19(23)21-20-22(11-12-24-3)16-10-9-14(2)13-18(16)26-20/h5-10,13H,4,11-12H2,1-3H3. The van der Waals surface area contributed by atoms with Crippen LogP contribution in [0.5, 0.6) is 0 Å². The van der Waals surface area contributed by atoms with E-state index in [0.717, 1.165) is 33.3 Å². The van der Waals surface area contributed by atoms with E-state index in [0.29, 0.717) is 5.56 Å². The number of rotatable bonds is 6. The third-order valence-corrected chi connectivity index (χ3v) is 6.56. The van der Waals surface area contributed by atoms with E-state index in [1.807, 2.05) is 24.3 Å². The fraction of sp³-hybridized carbons (Fsp3) is 0.300. The summed E-state index contributed by atoms with van der Waals surface area (Å²) < 4.78 is 3.34. The number of amides is 1. The average Bonchev–Trinajstić information content (AvgIpc) is 2.96. The van der Waals surface area contributed by atoms with E-state index in [9.17, 15) is 4.79 Å². The summed E-state index contributed by atoms with van der Waals surface area (Å²) in [6.45, 7) is 5.03. The molecule has 2 aromatic carbocycles. The highest BCUT2D eigenvalue weighted by molar-refractivity contribution is 7.99. The SMILES string of the molecule is CCSc1ccccc1C(=O)N=c1sc2cc(C)ccc2n1CCSC. The Balaban J connectivity index is 2.10. The number of nitrogens with zero attached hydrogens (tertiary/aromatic N) is 2. The number of aromatic nitrogens is 1. The van der Waals surface area contributed by atoms with E-state index in [2.05, 4.69) is 47.9 Å². The van der Waals surface area contributed by atoms with Crippen LogP contribution >= 0.6 is 34.9 Å². The number of carbonyl (C=O) groups excluding carboxylic acids is 1. The molecule has 0 bridgehead atoms. The lowest BCUT2D eigenvalue weighted by Crippen LogP contribution is -2.18. The van der Waals surface area contributed by atoms with Gasteiger partial charge < -0.3 is 4.57 Å². The first-order chi connectivity index (χ1) is 12.6. The van der Waals surface area contributed by atoms with Gasteiger partial charge in [-0.15, -0.1) is 11.8 Å². The van der Waals surface area contributed by atoms with Crippen LogP contribution in [0.3, 0.4) is 0 Å². The molecular weight excluding hydrogens is 380 g/mol. The summed E-state index contributed by atoms with van der Waals surface area (Å²) in [4.78, 5) is 19.2. The first-order valence-corrected chi connectivity index (χ1v) is 11.7. The largest absolute Gasteiger partial charge is 0.316 e. The van der Waals surface area contributed by atoms with Crippen LogP contribution < -0.4 is 4.80 Å². The van der Waals surface area contributed by atoms with Crippen LogP contribution in [-0.2, 0) is 6.54 Å². The highest BCUT2D eigenvalue weighted by Gasteiger charge is 2.12. The number of fused-ring (bicyclic) bond motifs is 1. The second-order valence-electron chi connectivity index (χ2n) is 5.85. The summed E-state index contributed by atoms with van der Waals surface area (Å²) >= 11 is 5.07. The zero-order chi connectivity index (χ0) is 18.5. The summed E-state index contributed by atoms with van der Waals surface area (Å²) in [6, 6.07) is 14.1. The minimum Gasteiger partial charge on any atom is -0.316 e. The van der Waals surface area contributed by atoms with Crippen molar-refractivity contribution in [2.45, 2.75) is 25.3 Å². The van der Waals surface area contributed by atoms with Crippen LogP contribution in [0, 0.1) is 6.92 Å². The van der Waals surface area contributed by atoms with Crippen molar-refractivity contribution in [2.24, 2.45) is 4.99 Å². The van der Waals surface area contributed by atoms with Crippen LogP contribution in [0.1, 0.15) is 22.8 Å². The molecule has 0 atom stereocenters. The molecular formula is C20H22N2OS3. The monoisotopic (exact) mass is 402 g/mol. The van der Waals surface area contributed by atoms with Crippen LogP contribution in [-0.4, -0.2) is 28.2 Å². The Labute approximate surface area is 166 Å². The van der Waals surface area contributed by atoms with Crippen molar-refractivity contribution in [2.75, 3.05) is 17.8 Å². The van der Waals surface area contributed by atoms with Gasteiger partial charge in [0.05, 0.1) is 15.8 Å². The predicted octanol–water partition coefficient (Wildman–Crippen LogP) is 5.23. The second-order valence-corrected chi connectivity index (χ2v) is 9.15. The van der Waals surface area contributed by atoms with Crippen molar-refractivity contribution in [1.82, 2.24) is 4.57 Å². The Morgan fingerprint density at radius 3 is 2.81 bits per heavy atom. The normalized spacial score (nSPS) is 12.0. The summed E-state index contributed by atoms with van der Waals surface area (Å²) in [5.41, 5.74) is 3.06. The number of aryl methyl sites for hydroxylation is 2. The Bertz CT molecular complexity index is 988. The molecule has 0 fully saturated rings. The molecule has 0 saturated heterocycles. The van der Waals surface area contributed by atoms with Gasteiger partial charge in [-0.1, -0.05) is 36.5 Å². The van der Waals surface area contributed by atoms with Gasteiger partial charge in [0, 0.05) is 17.2 Å². The van der Waals surface area contributed by atoms with Crippen LogP contribution in [0.2, 0.25) is 0 Å². The van der Waals surface area contributed by atoms with Crippen molar-refractivity contribution < 1.29 is 4.79 Å². The molecule has 1 amide bonds. The first kappa shape index (κ1) is 19.3. The van der Waals surface area contributed by atoms with Crippen LogP contribution in [0.15, 0.2) is 52.4 Å². The maximum absolute atomic E-state index is 12.9. The predicted molar refractivity (Wildman–Crippen MR) is 116 cm³/mol. The summed E-state index contributed by atoms with van der Waals surface area (Å²) in [6.07, 6.45) is 2.10. The first-order valence-electron chi connectivity index (χ1n) is 8.54. The van der Waals surface area contributed by atoms with Crippen molar-refractivity contribution >= 4 is 51.0 Å². The van der Waals surface area contributed by atoms with E-state index in [-0.39, 0.29) is 5.91 Å². The van der Waals surface area contributed by atoms with E-state index < -0.39 is 0 Å². The van der Waals surface area contributed by atoms with Gasteiger partial charge in [0.15, 0.2) is 4.80 Å². The van der Waals surface area contributed by atoms with Gasteiger partial charge in [-0.25, -0.2) is 0 Å². The number of hydrogen-bond acceptors (Lipinski definition) is 4. The van der Waals surface area contributed by atoms with Gasteiger partial charge in [0.25, 0.3) is 5.91 Å². The van der Waals surface area contributed by atoms with Gasteiger partial charge in [0.2, 0.25) is 0 Å². The number of hydrogen-bond donors (Lipinski definition) is 0. The molecule has 0 unspecified atom stereocenters. The smallest absolute Gasteiger partial charge is 0.280 e. The minimum absolute atomic E-state index is 0.164. The lowest BCUT2D eigenvalue weighted by atomic mass is 10.2. The van der Waals surface area contributed by atoms with Crippen molar-refractivity contribution in [3.05, 3.63) is 58.4 Å². The lowest BCUT2D eigenvalue weighted by molar-refractivity contribution is 0.0995. The fourth-order valence-electron chi connectivity index (χ4n) is 2.74. The number of benzene rings is 2. The molecule has 136 valence electrons. The zero-order valence-electron chi connectivity index (χ0n) is 15.2. The zero-order valence-corrected chi connectivity index (χ0v) is 17.6. The molecule has 3 rings (SSSR count). The maximum atomic E-state index is 12.9. The highest BCUT2D eigenvalue weighted by atomic mass is 32.2. The number of carbonyl (C=O) groups is 1. The molecule has 0 saturated carbocycles. The van der Waals surface area contributed by atoms with E-state index in [1.54, 1.807) is 34.9 Å². The van der Waals surface area contributed by atoms with Gasteiger partial charge in [-0.3, -0.25) is 4.79 Å². The molecule has 0 N–H and O–H groups in total. The molecule has 3 aromatic rings. The second kappa shape index (κ2) is 8.93. The minimum atomic E-state index is -0.164. The summed E-state index contributed by atoms with van der Waals surface area (Å²) in [7, 11) is 0.